The summed E-state index contributed by atoms with van der Waals surface area (Å²) in [5, 5.41) is 18.0. The van der Waals surface area contributed by atoms with Crippen molar-refractivity contribution in [3.63, 3.8) is 0 Å². The van der Waals surface area contributed by atoms with Crippen LogP contribution in [0.2, 0.25) is 0 Å². The number of benzene rings is 1. The maximum Gasteiger partial charge on any atom is 0.373 e. The van der Waals surface area contributed by atoms with Crippen LogP contribution < -0.4 is 0 Å². The normalized spacial score (nSPS) is 10.2. The second kappa shape index (κ2) is 4.71. The lowest BCUT2D eigenvalue weighted by atomic mass is 10.1. The summed E-state index contributed by atoms with van der Waals surface area (Å²) in [6, 6.07) is 9.08. The molecule has 0 amide bonds. The average molecular weight is 230 g/mol. The molecule has 1 heterocycles. The van der Waals surface area contributed by atoms with E-state index in [1.165, 1.54) is 6.20 Å². The number of carbonyl (C=O) groups is 1. The van der Waals surface area contributed by atoms with Gasteiger partial charge in [-0.3, -0.25) is 0 Å². The van der Waals surface area contributed by atoms with Crippen LogP contribution in [0.15, 0.2) is 36.5 Å². The van der Waals surface area contributed by atoms with Gasteiger partial charge in [0.15, 0.2) is 0 Å². The van der Waals surface area contributed by atoms with Crippen molar-refractivity contribution in [1.29, 1.82) is 0 Å². The molecule has 0 radical (unpaired) electrons. The molecule has 2 rings (SSSR count). The van der Waals surface area contributed by atoms with Crippen molar-refractivity contribution >= 4 is 5.97 Å². The molecule has 0 aliphatic heterocycles. The minimum absolute atomic E-state index is 0.232. The van der Waals surface area contributed by atoms with Crippen LogP contribution in [0, 0.1) is 0 Å². The second-order valence-corrected chi connectivity index (χ2v) is 3.40. The molecule has 1 aromatic carbocycles. The molecule has 1 aromatic heterocycles. The summed E-state index contributed by atoms with van der Waals surface area (Å²) in [6.45, 7) is -0.232. The van der Waals surface area contributed by atoms with E-state index in [0.717, 1.165) is 5.56 Å². The van der Waals surface area contributed by atoms with E-state index in [-0.39, 0.29) is 12.4 Å². The van der Waals surface area contributed by atoms with Gasteiger partial charge in [0.05, 0.1) is 12.3 Å². The van der Waals surface area contributed by atoms with Crippen LogP contribution in [0.4, 0.5) is 0 Å². The molecular formula is C12H10N2O3. The molecule has 0 aliphatic carbocycles. The number of hydrogen-bond donors (Lipinski definition) is 2. The number of carboxylic acid groups (broad SMARTS) is 1. The molecule has 2 N–H and O–H groups in total. The summed E-state index contributed by atoms with van der Waals surface area (Å²) in [7, 11) is 0. The van der Waals surface area contributed by atoms with Gasteiger partial charge >= 0.3 is 5.97 Å². The van der Waals surface area contributed by atoms with Gasteiger partial charge in [0.1, 0.15) is 0 Å². The van der Waals surface area contributed by atoms with Crippen molar-refractivity contribution in [2.24, 2.45) is 0 Å². The van der Waals surface area contributed by atoms with E-state index < -0.39 is 5.97 Å². The molecular weight excluding hydrogens is 220 g/mol. The second-order valence-electron chi connectivity index (χ2n) is 3.40. The first-order valence-corrected chi connectivity index (χ1v) is 4.98. The number of aromatic carboxylic acids is 1. The van der Waals surface area contributed by atoms with Crippen LogP contribution in [-0.4, -0.2) is 26.2 Å². The first kappa shape index (κ1) is 11.2. The summed E-state index contributed by atoms with van der Waals surface area (Å²) in [5.41, 5.74) is 1.70. The standard InChI is InChI=1S/C12H10N2O3/c15-7-9-6-13-11(12(16)17)14-10(9)8-4-2-1-3-5-8/h1-6,15H,7H2,(H,16,17). The summed E-state index contributed by atoms with van der Waals surface area (Å²) < 4.78 is 0. The fourth-order valence-corrected chi connectivity index (χ4v) is 1.47. The lowest BCUT2D eigenvalue weighted by Crippen LogP contribution is -2.07. The Kier molecular flexibility index (Phi) is 3.11. The molecule has 0 aliphatic rings. The highest BCUT2D eigenvalue weighted by Gasteiger charge is 2.12. The Morgan fingerprint density at radius 2 is 1.94 bits per heavy atom. The number of aromatic nitrogens is 2. The first-order valence-electron chi connectivity index (χ1n) is 4.98. The van der Waals surface area contributed by atoms with Crippen LogP contribution in [0.5, 0.6) is 0 Å². The van der Waals surface area contributed by atoms with Gasteiger partial charge in [0, 0.05) is 17.3 Å². The quantitative estimate of drug-likeness (QED) is 0.831. The molecule has 5 nitrogen and oxygen atoms in total. The molecule has 0 unspecified atom stereocenters. The van der Waals surface area contributed by atoms with E-state index in [1.807, 2.05) is 18.2 Å². The van der Waals surface area contributed by atoms with Gasteiger partial charge in [-0.2, -0.15) is 0 Å². The molecule has 2 aromatic rings. The third-order valence-electron chi connectivity index (χ3n) is 2.27. The summed E-state index contributed by atoms with van der Waals surface area (Å²) in [5.74, 6) is -1.47. The molecule has 0 spiro atoms. The molecule has 0 saturated carbocycles. The maximum absolute atomic E-state index is 10.8. The Morgan fingerprint density at radius 3 is 2.53 bits per heavy atom. The van der Waals surface area contributed by atoms with Crippen molar-refractivity contribution in [2.45, 2.75) is 6.61 Å². The Bertz CT molecular complexity index is 541. The zero-order chi connectivity index (χ0) is 12.3. The van der Waals surface area contributed by atoms with E-state index >= 15 is 0 Å². The topological polar surface area (TPSA) is 83.3 Å². The van der Waals surface area contributed by atoms with Crippen molar-refractivity contribution in [3.05, 3.63) is 47.9 Å². The number of aliphatic hydroxyl groups is 1. The summed E-state index contributed by atoms with van der Waals surface area (Å²) in [6.07, 6.45) is 1.33. The van der Waals surface area contributed by atoms with Gasteiger partial charge in [-0.05, 0) is 0 Å². The number of hydrogen-bond acceptors (Lipinski definition) is 4. The fraction of sp³-hybridized carbons (Fsp3) is 0.0833. The highest BCUT2D eigenvalue weighted by atomic mass is 16.4. The number of rotatable bonds is 3. The SMILES string of the molecule is O=C(O)c1ncc(CO)c(-c2ccccc2)n1. The zero-order valence-electron chi connectivity index (χ0n) is 8.87. The van der Waals surface area contributed by atoms with Crippen LogP contribution in [0.3, 0.4) is 0 Å². The molecule has 0 fully saturated rings. The van der Waals surface area contributed by atoms with Crippen LogP contribution >= 0.6 is 0 Å². The van der Waals surface area contributed by atoms with Crippen LogP contribution in [0.1, 0.15) is 16.2 Å². The van der Waals surface area contributed by atoms with E-state index in [1.54, 1.807) is 12.1 Å². The molecule has 86 valence electrons. The van der Waals surface area contributed by atoms with Crippen molar-refractivity contribution in [2.75, 3.05) is 0 Å². The molecule has 17 heavy (non-hydrogen) atoms. The fourth-order valence-electron chi connectivity index (χ4n) is 1.47. The van der Waals surface area contributed by atoms with Gasteiger partial charge < -0.3 is 10.2 Å². The highest BCUT2D eigenvalue weighted by molar-refractivity contribution is 5.84. The Balaban J connectivity index is 2.58. The number of carboxylic acids is 1. The van der Waals surface area contributed by atoms with Crippen LogP contribution in [-0.2, 0) is 6.61 Å². The van der Waals surface area contributed by atoms with E-state index in [0.29, 0.717) is 11.3 Å². The lowest BCUT2D eigenvalue weighted by Gasteiger charge is -2.06. The minimum atomic E-state index is -1.19. The molecule has 0 saturated heterocycles. The van der Waals surface area contributed by atoms with Gasteiger partial charge in [-0.25, -0.2) is 14.8 Å². The number of nitrogens with zero attached hydrogens (tertiary/aromatic N) is 2. The minimum Gasteiger partial charge on any atom is -0.475 e. The van der Waals surface area contributed by atoms with Gasteiger partial charge in [-0.1, -0.05) is 30.3 Å². The summed E-state index contributed by atoms with van der Waals surface area (Å²) >= 11 is 0. The molecule has 0 bridgehead atoms. The zero-order valence-corrected chi connectivity index (χ0v) is 8.87. The predicted molar refractivity (Wildman–Crippen MR) is 60.4 cm³/mol. The smallest absolute Gasteiger partial charge is 0.373 e. The maximum atomic E-state index is 10.8. The van der Waals surface area contributed by atoms with E-state index in [4.69, 9.17) is 5.11 Å². The number of aliphatic hydroxyl groups excluding tert-OH is 1. The lowest BCUT2D eigenvalue weighted by molar-refractivity contribution is 0.0683. The van der Waals surface area contributed by atoms with Gasteiger partial charge in [0.25, 0.3) is 0 Å². The van der Waals surface area contributed by atoms with E-state index in [9.17, 15) is 9.90 Å². The van der Waals surface area contributed by atoms with Crippen LogP contribution in [0.25, 0.3) is 11.3 Å². The van der Waals surface area contributed by atoms with Crippen molar-refractivity contribution in [3.8, 4) is 11.3 Å². The third-order valence-corrected chi connectivity index (χ3v) is 2.27. The Morgan fingerprint density at radius 1 is 1.24 bits per heavy atom. The molecule has 5 heteroatoms. The Labute approximate surface area is 97.4 Å². The molecule has 0 atom stereocenters. The third kappa shape index (κ3) is 2.29. The van der Waals surface area contributed by atoms with Gasteiger partial charge in [0.2, 0.25) is 5.82 Å². The average Bonchev–Trinajstić information content (AvgIpc) is 2.39. The first-order chi connectivity index (χ1) is 8.22. The van der Waals surface area contributed by atoms with Crippen molar-refractivity contribution in [1.82, 2.24) is 9.97 Å². The van der Waals surface area contributed by atoms with E-state index in [2.05, 4.69) is 9.97 Å². The monoisotopic (exact) mass is 230 g/mol. The summed E-state index contributed by atoms with van der Waals surface area (Å²) in [4.78, 5) is 18.4. The highest BCUT2D eigenvalue weighted by Crippen LogP contribution is 2.20. The largest absolute Gasteiger partial charge is 0.475 e. The predicted octanol–water partition coefficient (Wildman–Crippen LogP) is 1.33. The van der Waals surface area contributed by atoms with Gasteiger partial charge in [-0.15, -0.1) is 0 Å². The Hall–Kier alpha value is -2.27. The van der Waals surface area contributed by atoms with Crippen molar-refractivity contribution < 1.29 is 15.0 Å².